The number of carbonyl (C=O) groups excluding carboxylic acids is 2. The van der Waals surface area contributed by atoms with E-state index in [9.17, 15) is 9.59 Å². The molecule has 0 aliphatic rings. The van der Waals surface area contributed by atoms with E-state index >= 15 is 0 Å². The highest BCUT2D eigenvalue weighted by atomic mass is 16.6. The average Bonchev–Trinajstić information content (AvgIpc) is 2.43. The van der Waals surface area contributed by atoms with Crippen LogP contribution in [0.15, 0.2) is 23.8 Å². The number of hydrogen-bond donors (Lipinski definition) is 1. The second-order valence-corrected chi connectivity index (χ2v) is 6.29. The summed E-state index contributed by atoms with van der Waals surface area (Å²) < 4.78 is 10.1. The van der Waals surface area contributed by atoms with Gasteiger partial charge in [-0.25, -0.2) is 4.79 Å². The molecule has 0 aromatic rings. The lowest BCUT2D eigenvalue weighted by Gasteiger charge is -2.24. The molecule has 5 heteroatoms. The Morgan fingerprint density at radius 3 is 2.39 bits per heavy atom. The van der Waals surface area contributed by atoms with Gasteiger partial charge in [-0.3, -0.25) is 4.79 Å². The minimum atomic E-state index is -0.516. The third-order valence-corrected chi connectivity index (χ3v) is 3.07. The van der Waals surface area contributed by atoms with E-state index in [0.717, 1.165) is 18.4 Å². The van der Waals surface area contributed by atoms with Crippen LogP contribution in [-0.4, -0.2) is 30.3 Å². The largest absolute Gasteiger partial charge is 0.466 e. The fourth-order valence-corrected chi connectivity index (χ4v) is 1.84. The molecular weight excluding hydrogens is 294 g/mol. The molecule has 0 aromatic heterocycles. The lowest BCUT2D eigenvalue weighted by atomic mass is 10.0. The van der Waals surface area contributed by atoms with Crippen LogP contribution in [0.2, 0.25) is 0 Å². The molecule has 23 heavy (non-hydrogen) atoms. The first-order valence-corrected chi connectivity index (χ1v) is 8.12. The van der Waals surface area contributed by atoms with Crippen molar-refractivity contribution in [1.82, 2.24) is 5.32 Å². The Morgan fingerprint density at radius 1 is 1.22 bits per heavy atom. The normalized spacial score (nSPS) is 13.7. The van der Waals surface area contributed by atoms with Crippen LogP contribution >= 0.6 is 0 Å². The Hall–Kier alpha value is -1.78. The highest BCUT2D eigenvalue weighted by Gasteiger charge is 2.19. The quantitative estimate of drug-likeness (QED) is 0.538. The first-order chi connectivity index (χ1) is 10.7. The molecule has 0 spiro atoms. The first-order valence-electron chi connectivity index (χ1n) is 8.12. The van der Waals surface area contributed by atoms with Gasteiger partial charge >= 0.3 is 12.1 Å². The van der Waals surface area contributed by atoms with E-state index in [-0.39, 0.29) is 18.4 Å². The maximum Gasteiger partial charge on any atom is 0.408 e. The number of esters is 1. The molecule has 0 radical (unpaired) electrons. The summed E-state index contributed by atoms with van der Waals surface area (Å²) in [4.78, 5) is 23.1. The first kappa shape index (κ1) is 21.2. The molecule has 0 aromatic carbocycles. The number of hydrogen-bond acceptors (Lipinski definition) is 4. The van der Waals surface area contributed by atoms with Gasteiger partial charge in [0, 0.05) is 0 Å². The van der Waals surface area contributed by atoms with E-state index in [1.54, 1.807) is 13.0 Å². The lowest BCUT2D eigenvalue weighted by Crippen LogP contribution is -2.39. The summed E-state index contributed by atoms with van der Waals surface area (Å²) in [6.45, 7) is 11.6. The molecule has 5 nitrogen and oxygen atoms in total. The van der Waals surface area contributed by atoms with Crippen LogP contribution in [-0.2, 0) is 14.3 Å². The minimum Gasteiger partial charge on any atom is -0.466 e. The van der Waals surface area contributed by atoms with Gasteiger partial charge in [0.25, 0.3) is 0 Å². The molecule has 132 valence electrons. The van der Waals surface area contributed by atoms with Crippen LogP contribution in [0.3, 0.4) is 0 Å². The van der Waals surface area contributed by atoms with E-state index in [1.165, 1.54) is 0 Å². The van der Waals surface area contributed by atoms with E-state index in [1.807, 2.05) is 46.8 Å². The number of rotatable bonds is 8. The van der Waals surface area contributed by atoms with Crippen molar-refractivity contribution in [1.29, 1.82) is 0 Å². The summed E-state index contributed by atoms with van der Waals surface area (Å²) in [5.74, 6) is -0.225. The monoisotopic (exact) mass is 325 g/mol. The molecule has 0 saturated carbocycles. The van der Waals surface area contributed by atoms with Crippen LogP contribution in [0, 0.1) is 0 Å². The summed E-state index contributed by atoms with van der Waals surface area (Å²) in [6.07, 6.45) is 7.07. The van der Waals surface area contributed by atoms with Gasteiger partial charge in [0.2, 0.25) is 0 Å². The second-order valence-electron chi connectivity index (χ2n) is 6.29. The molecule has 0 saturated heterocycles. The van der Waals surface area contributed by atoms with Crippen molar-refractivity contribution in [3.05, 3.63) is 23.8 Å². The van der Waals surface area contributed by atoms with Crippen molar-refractivity contribution < 1.29 is 19.1 Å². The lowest BCUT2D eigenvalue weighted by molar-refractivity contribution is -0.142. The fourth-order valence-electron chi connectivity index (χ4n) is 1.84. The van der Waals surface area contributed by atoms with Crippen LogP contribution in [0.5, 0.6) is 0 Å². The van der Waals surface area contributed by atoms with Crippen molar-refractivity contribution in [3.63, 3.8) is 0 Å². The van der Waals surface area contributed by atoms with Crippen LogP contribution in [0.25, 0.3) is 0 Å². The number of allylic oxidation sites excluding steroid dienone is 2. The maximum atomic E-state index is 11.9. The number of carbonyl (C=O) groups is 2. The zero-order valence-electron chi connectivity index (χ0n) is 15.3. The van der Waals surface area contributed by atoms with E-state index in [2.05, 4.69) is 5.32 Å². The molecule has 0 fully saturated rings. The van der Waals surface area contributed by atoms with Crippen LogP contribution in [0.1, 0.15) is 60.8 Å². The fraction of sp³-hybridized carbons (Fsp3) is 0.667. The highest BCUT2D eigenvalue weighted by Crippen LogP contribution is 2.12. The molecule has 0 rings (SSSR count). The highest BCUT2D eigenvalue weighted by molar-refractivity contribution is 5.71. The van der Waals surface area contributed by atoms with Crippen molar-refractivity contribution in [3.8, 4) is 0 Å². The van der Waals surface area contributed by atoms with Gasteiger partial charge in [-0.2, -0.15) is 0 Å². The predicted molar refractivity (Wildman–Crippen MR) is 92.2 cm³/mol. The van der Waals surface area contributed by atoms with Crippen molar-refractivity contribution in [2.45, 2.75) is 72.4 Å². The van der Waals surface area contributed by atoms with E-state index in [4.69, 9.17) is 9.47 Å². The van der Waals surface area contributed by atoms with Crippen molar-refractivity contribution in [2.75, 3.05) is 6.61 Å². The van der Waals surface area contributed by atoms with Gasteiger partial charge in [0.05, 0.1) is 19.1 Å². The summed E-state index contributed by atoms with van der Waals surface area (Å²) in [5, 5.41) is 2.89. The van der Waals surface area contributed by atoms with Crippen molar-refractivity contribution in [2.24, 2.45) is 0 Å². The van der Waals surface area contributed by atoms with Crippen LogP contribution in [0.4, 0.5) is 4.79 Å². The van der Waals surface area contributed by atoms with Crippen molar-refractivity contribution >= 4 is 12.1 Å². The van der Waals surface area contributed by atoms with Gasteiger partial charge in [-0.05, 0) is 54.4 Å². The number of nitrogens with one attached hydrogen (secondary N) is 1. The Bertz CT molecular complexity index is 433. The molecular formula is C18H31NO4. The molecule has 0 aliphatic heterocycles. The maximum absolute atomic E-state index is 11.9. The topological polar surface area (TPSA) is 64.6 Å². The SMILES string of the molecule is C/C=C(\C)C(CC/C=C/CC(=O)OCC)NC(=O)OC(C)(C)C. The van der Waals surface area contributed by atoms with Gasteiger partial charge in [-0.1, -0.05) is 23.8 Å². The number of alkyl carbamates (subject to hydrolysis) is 1. The number of ether oxygens (including phenoxy) is 2. The molecule has 0 heterocycles. The Kier molecular flexibility index (Phi) is 10.0. The third kappa shape index (κ3) is 11.4. The van der Waals surface area contributed by atoms with E-state index < -0.39 is 11.7 Å². The summed E-state index contributed by atoms with van der Waals surface area (Å²) in [5.41, 5.74) is 0.563. The Balaban J connectivity index is 4.39. The zero-order chi connectivity index (χ0) is 17.9. The minimum absolute atomic E-state index is 0.0814. The molecule has 1 N–H and O–H groups in total. The molecule has 1 unspecified atom stereocenters. The van der Waals surface area contributed by atoms with E-state index in [0.29, 0.717) is 6.61 Å². The number of amides is 1. The predicted octanol–water partition coefficient (Wildman–Crippen LogP) is 4.14. The van der Waals surface area contributed by atoms with Gasteiger partial charge in [-0.15, -0.1) is 0 Å². The zero-order valence-corrected chi connectivity index (χ0v) is 15.3. The van der Waals surface area contributed by atoms with Gasteiger partial charge < -0.3 is 14.8 Å². The summed E-state index contributed by atoms with van der Waals surface area (Å²) in [7, 11) is 0. The van der Waals surface area contributed by atoms with Gasteiger partial charge in [0.1, 0.15) is 5.60 Å². The summed E-state index contributed by atoms with van der Waals surface area (Å²) >= 11 is 0. The third-order valence-electron chi connectivity index (χ3n) is 3.07. The Labute approximate surface area is 140 Å². The average molecular weight is 325 g/mol. The smallest absolute Gasteiger partial charge is 0.408 e. The summed E-state index contributed by atoms with van der Waals surface area (Å²) in [6, 6.07) is -0.0814. The Morgan fingerprint density at radius 2 is 1.87 bits per heavy atom. The molecule has 1 amide bonds. The standard InChI is InChI=1S/C18H31NO4/c1-7-14(3)15(19-17(21)23-18(4,5)6)12-10-9-11-13-16(20)22-8-2/h7,9,11,15H,8,10,12-13H2,1-6H3,(H,19,21)/b11-9+,14-7+. The second kappa shape index (κ2) is 10.9. The molecule has 0 aliphatic carbocycles. The van der Waals surface area contributed by atoms with Crippen LogP contribution < -0.4 is 5.32 Å². The molecule has 0 bridgehead atoms. The molecule has 1 atom stereocenters. The van der Waals surface area contributed by atoms with Gasteiger partial charge in [0.15, 0.2) is 0 Å².